The number of aliphatic hydroxyl groups is 1. The van der Waals surface area contributed by atoms with Gasteiger partial charge in [-0.25, -0.2) is 0 Å². The fraction of sp³-hybridized carbons (Fsp3) is 0.350. The van der Waals surface area contributed by atoms with Gasteiger partial charge in [-0.2, -0.15) is 0 Å². The highest BCUT2D eigenvalue weighted by molar-refractivity contribution is 5.95. The maximum absolute atomic E-state index is 12.4. The van der Waals surface area contributed by atoms with E-state index in [-0.39, 0.29) is 12.5 Å². The summed E-state index contributed by atoms with van der Waals surface area (Å²) in [5.74, 6) is -0.147. The highest BCUT2D eigenvalue weighted by atomic mass is 16.3. The molecular weight excluding hydrogens is 300 g/mol. The van der Waals surface area contributed by atoms with Crippen molar-refractivity contribution >= 4 is 11.6 Å². The second-order valence-electron chi connectivity index (χ2n) is 6.80. The minimum atomic E-state index is -0.872. The number of rotatable bonds is 4. The van der Waals surface area contributed by atoms with E-state index in [1.54, 1.807) is 6.07 Å². The Balaban J connectivity index is 1.65. The molecule has 0 bridgehead atoms. The molecule has 4 heteroatoms. The van der Waals surface area contributed by atoms with Gasteiger partial charge in [0.1, 0.15) is 0 Å². The third-order valence-electron chi connectivity index (χ3n) is 4.70. The van der Waals surface area contributed by atoms with Crippen molar-refractivity contribution < 1.29 is 9.90 Å². The lowest BCUT2D eigenvalue weighted by atomic mass is 9.80. The molecular formula is C20H24N2O2. The van der Waals surface area contributed by atoms with Crippen LogP contribution in [0.15, 0.2) is 48.5 Å². The van der Waals surface area contributed by atoms with Crippen molar-refractivity contribution in [2.24, 2.45) is 0 Å². The van der Waals surface area contributed by atoms with Crippen LogP contribution in [0.1, 0.15) is 27.9 Å². The Bertz CT molecular complexity index is 742. The molecule has 0 heterocycles. The molecule has 0 radical (unpaired) electrons. The molecule has 0 saturated heterocycles. The van der Waals surface area contributed by atoms with Crippen LogP contribution in [0.5, 0.6) is 0 Å². The van der Waals surface area contributed by atoms with Crippen LogP contribution in [0.4, 0.5) is 5.69 Å². The van der Waals surface area contributed by atoms with Gasteiger partial charge >= 0.3 is 0 Å². The van der Waals surface area contributed by atoms with Gasteiger partial charge in [0.2, 0.25) is 0 Å². The summed E-state index contributed by atoms with van der Waals surface area (Å²) in [5.41, 5.74) is 3.19. The van der Waals surface area contributed by atoms with Gasteiger partial charge in [0, 0.05) is 38.3 Å². The van der Waals surface area contributed by atoms with Crippen molar-refractivity contribution in [3.8, 4) is 0 Å². The predicted octanol–water partition coefficient (Wildman–Crippen LogP) is 2.40. The second kappa shape index (κ2) is 6.65. The standard InChI is InChI=1S/C20H24N2O2/c1-22(2)18-9-5-8-16(12-18)19(23)21-14-20(24)11-10-15-6-3-4-7-17(15)13-20/h3-9,12,24H,10-11,13-14H2,1-2H3,(H,21,23)/t20-/m1/s1. The zero-order valence-corrected chi connectivity index (χ0v) is 14.2. The molecule has 0 spiro atoms. The first-order valence-electron chi connectivity index (χ1n) is 8.32. The number of benzene rings is 2. The zero-order valence-electron chi connectivity index (χ0n) is 14.2. The summed E-state index contributed by atoms with van der Waals surface area (Å²) in [6, 6.07) is 15.7. The number of hydrogen-bond donors (Lipinski definition) is 2. The van der Waals surface area contributed by atoms with E-state index in [1.165, 1.54) is 11.1 Å². The summed E-state index contributed by atoms with van der Waals surface area (Å²) in [6.45, 7) is 0.270. The van der Waals surface area contributed by atoms with Crippen LogP contribution in [0.25, 0.3) is 0 Å². The topological polar surface area (TPSA) is 52.6 Å². The Morgan fingerprint density at radius 1 is 1.17 bits per heavy atom. The molecule has 1 aliphatic rings. The third-order valence-corrected chi connectivity index (χ3v) is 4.70. The first-order chi connectivity index (χ1) is 11.5. The van der Waals surface area contributed by atoms with Gasteiger partial charge in [-0.15, -0.1) is 0 Å². The fourth-order valence-corrected chi connectivity index (χ4v) is 3.21. The molecule has 0 aromatic heterocycles. The molecule has 24 heavy (non-hydrogen) atoms. The number of amides is 1. The van der Waals surface area contributed by atoms with Crippen molar-refractivity contribution in [3.63, 3.8) is 0 Å². The summed E-state index contributed by atoms with van der Waals surface area (Å²) in [7, 11) is 3.89. The Morgan fingerprint density at radius 3 is 2.67 bits per heavy atom. The van der Waals surface area contributed by atoms with E-state index in [0.717, 1.165) is 12.1 Å². The number of anilines is 1. The van der Waals surface area contributed by atoms with Crippen molar-refractivity contribution in [2.75, 3.05) is 25.5 Å². The van der Waals surface area contributed by atoms with Crippen LogP contribution < -0.4 is 10.2 Å². The highest BCUT2D eigenvalue weighted by Crippen LogP contribution is 2.28. The van der Waals surface area contributed by atoms with Crippen LogP contribution in [0.2, 0.25) is 0 Å². The monoisotopic (exact) mass is 324 g/mol. The quantitative estimate of drug-likeness (QED) is 0.908. The molecule has 4 nitrogen and oxygen atoms in total. The predicted molar refractivity (Wildman–Crippen MR) is 96.5 cm³/mol. The number of aryl methyl sites for hydroxylation is 1. The number of hydrogen-bond acceptors (Lipinski definition) is 3. The fourth-order valence-electron chi connectivity index (χ4n) is 3.21. The lowest BCUT2D eigenvalue weighted by Crippen LogP contribution is -2.46. The van der Waals surface area contributed by atoms with E-state index in [9.17, 15) is 9.90 Å². The molecule has 0 unspecified atom stereocenters. The summed E-state index contributed by atoms with van der Waals surface area (Å²) < 4.78 is 0. The van der Waals surface area contributed by atoms with E-state index >= 15 is 0 Å². The van der Waals surface area contributed by atoms with Gasteiger partial charge < -0.3 is 15.3 Å². The average Bonchev–Trinajstić information content (AvgIpc) is 2.59. The molecule has 0 fully saturated rings. The first-order valence-corrected chi connectivity index (χ1v) is 8.32. The maximum Gasteiger partial charge on any atom is 0.251 e. The van der Waals surface area contributed by atoms with Crippen molar-refractivity contribution in [1.82, 2.24) is 5.32 Å². The van der Waals surface area contributed by atoms with Crippen molar-refractivity contribution in [1.29, 1.82) is 0 Å². The largest absolute Gasteiger partial charge is 0.388 e. The van der Waals surface area contributed by atoms with E-state index in [0.29, 0.717) is 18.4 Å². The smallest absolute Gasteiger partial charge is 0.251 e. The lowest BCUT2D eigenvalue weighted by molar-refractivity contribution is 0.0260. The van der Waals surface area contributed by atoms with Gasteiger partial charge in [0.15, 0.2) is 0 Å². The van der Waals surface area contributed by atoms with Gasteiger partial charge in [0.25, 0.3) is 5.91 Å². The summed E-state index contributed by atoms with van der Waals surface area (Å²) >= 11 is 0. The molecule has 1 atom stereocenters. The molecule has 0 saturated carbocycles. The van der Waals surface area contributed by atoms with E-state index in [1.807, 2.05) is 49.3 Å². The second-order valence-corrected chi connectivity index (χ2v) is 6.80. The van der Waals surface area contributed by atoms with Crippen molar-refractivity contribution in [2.45, 2.75) is 24.9 Å². The van der Waals surface area contributed by atoms with E-state index in [2.05, 4.69) is 17.4 Å². The summed E-state index contributed by atoms with van der Waals surface area (Å²) in [6.07, 6.45) is 2.10. The molecule has 2 aromatic carbocycles. The van der Waals surface area contributed by atoms with E-state index in [4.69, 9.17) is 0 Å². The SMILES string of the molecule is CN(C)c1cccc(C(=O)NC[C@@]2(O)CCc3ccccc3C2)c1. The number of carbonyl (C=O) groups is 1. The number of nitrogens with one attached hydrogen (secondary N) is 1. The van der Waals surface area contributed by atoms with Gasteiger partial charge in [0.05, 0.1) is 5.60 Å². The number of carbonyl (C=O) groups excluding carboxylic acids is 1. The molecule has 0 aliphatic heterocycles. The minimum absolute atomic E-state index is 0.147. The molecule has 1 aliphatic carbocycles. The maximum atomic E-state index is 12.4. The molecule has 1 amide bonds. The Kier molecular flexibility index (Phi) is 4.58. The van der Waals surface area contributed by atoms with Crippen molar-refractivity contribution in [3.05, 3.63) is 65.2 Å². The van der Waals surface area contributed by atoms with Gasteiger partial charge in [-0.05, 0) is 42.2 Å². The first kappa shape index (κ1) is 16.5. The molecule has 126 valence electrons. The molecule has 2 aromatic rings. The van der Waals surface area contributed by atoms with Gasteiger partial charge in [-0.1, -0.05) is 30.3 Å². The lowest BCUT2D eigenvalue weighted by Gasteiger charge is -2.33. The highest BCUT2D eigenvalue weighted by Gasteiger charge is 2.32. The molecule has 3 rings (SSSR count). The number of fused-ring (bicyclic) bond motifs is 1. The normalized spacial score (nSPS) is 19.5. The summed E-state index contributed by atoms with van der Waals surface area (Å²) in [5, 5.41) is 13.7. The minimum Gasteiger partial charge on any atom is -0.388 e. The zero-order chi connectivity index (χ0) is 17.2. The Morgan fingerprint density at radius 2 is 1.92 bits per heavy atom. The Hall–Kier alpha value is -2.33. The van der Waals surface area contributed by atoms with Crippen LogP contribution in [0.3, 0.4) is 0 Å². The van der Waals surface area contributed by atoms with Crippen LogP contribution in [-0.2, 0) is 12.8 Å². The third kappa shape index (κ3) is 3.60. The van der Waals surface area contributed by atoms with Crippen LogP contribution in [0, 0.1) is 0 Å². The molecule has 2 N–H and O–H groups in total. The van der Waals surface area contributed by atoms with Gasteiger partial charge in [-0.3, -0.25) is 4.79 Å². The van der Waals surface area contributed by atoms with Crippen LogP contribution >= 0.6 is 0 Å². The number of nitrogens with zero attached hydrogens (tertiary/aromatic N) is 1. The van der Waals surface area contributed by atoms with Crippen LogP contribution in [-0.4, -0.2) is 37.3 Å². The van der Waals surface area contributed by atoms with E-state index < -0.39 is 5.60 Å². The Labute approximate surface area is 143 Å². The average molecular weight is 324 g/mol. The summed E-state index contributed by atoms with van der Waals surface area (Å²) in [4.78, 5) is 14.4.